The van der Waals surface area contributed by atoms with Crippen molar-refractivity contribution in [2.24, 2.45) is 0 Å². The summed E-state index contributed by atoms with van der Waals surface area (Å²) in [5.74, 6) is 0.804. The smallest absolute Gasteiger partial charge is 0.224 e. The minimum absolute atomic E-state index is 0.129. The molecule has 1 aliphatic rings. The van der Waals surface area contributed by atoms with Gasteiger partial charge in [0.1, 0.15) is 11.6 Å². The molecule has 4 rings (SSSR count). The van der Waals surface area contributed by atoms with Gasteiger partial charge in [-0.3, -0.25) is 4.79 Å². The third-order valence-corrected chi connectivity index (χ3v) is 4.79. The first-order valence-corrected chi connectivity index (χ1v) is 8.86. The highest BCUT2D eigenvalue weighted by Gasteiger charge is 2.28. The van der Waals surface area contributed by atoms with Crippen molar-refractivity contribution < 1.29 is 9.18 Å². The van der Waals surface area contributed by atoms with Gasteiger partial charge in [-0.05, 0) is 36.2 Å². The molecule has 1 saturated heterocycles. The van der Waals surface area contributed by atoms with Crippen LogP contribution < -0.4 is 5.32 Å². The Morgan fingerprint density at radius 3 is 2.81 bits per heavy atom. The molecule has 2 N–H and O–H groups in total. The van der Waals surface area contributed by atoms with Crippen molar-refractivity contribution in [3.8, 4) is 0 Å². The van der Waals surface area contributed by atoms with Gasteiger partial charge in [0.2, 0.25) is 5.91 Å². The predicted octanol–water partition coefficient (Wildman–Crippen LogP) is 2.64. The fourth-order valence-electron chi connectivity index (χ4n) is 3.37. The van der Waals surface area contributed by atoms with Gasteiger partial charge in [-0.1, -0.05) is 24.3 Å². The molecule has 1 aromatic heterocycles. The number of nitrogens with zero attached hydrogens (tertiary/aromatic N) is 2. The quantitative estimate of drug-likeness (QED) is 0.717. The molecule has 26 heavy (non-hydrogen) atoms. The third kappa shape index (κ3) is 3.75. The number of hydrogen-bond donors (Lipinski definition) is 2. The number of H-pyrrole nitrogens is 1. The van der Waals surface area contributed by atoms with Crippen molar-refractivity contribution >= 4 is 16.9 Å². The SMILES string of the molecule is O=C1CC(NCc2nc3ccccc3[nH]2)CN1CCc1ccc(F)cc1. The molecule has 1 unspecified atom stereocenters. The fraction of sp³-hybridized carbons (Fsp3) is 0.300. The topological polar surface area (TPSA) is 61.0 Å². The average molecular weight is 352 g/mol. The van der Waals surface area contributed by atoms with Crippen LogP contribution in [0.25, 0.3) is 11.0 Å². The van der Waals surface area contributed by atoms with Crippen molar-refractivity contribution in [1.82, 2.24) is 20.2 Å². The van der Waals surface area contributed by atoms with E-state index < -0.39 is 0 Å². The van der Waals surface area contributed by atoms with Crippen LogP contribution in [0, 0.1) is 5.82 Å². The fourth-order valence-corrected chi connectivity index (χ4v) is 3.37. The highest BCUT2D eigenvalue weighted by molar-refractivity contribution is 5.79. The molecular formula is C20H21FN4O. The summed E-state index contributed by atoms with van der Waals surface area (Å²) in [6.07, 6.45) is 1.24. The largest absolute Gasteiger partial charge is 0.341 e. The van der Waals surface area contributed by atoms with Crippen molar-refractivity contribution in [2.75, 3.05) is 13.1 Å². The van der Waals surface area contributed by atoms with Crippen LogP contribution in [0.15, 0.2) is 48.5 Å². The summed E-state index contributed by atoms with van der Waals surface area (Å²) in [5.41, 5.74) is 3.01. The van der Waals surface area contributed by atoms with E-state index in [1.165, 1.54) is 12.1 Å². The first-order valence-electron chi connectivity index (χ1n) is 8.86. The van der Waals surface area contributed by atoms with Crippen LogP contribution in [-0.4, -0.2) is 39.9 Å². The molecule has 3 aromatic rings. The van der Waals surface area contributed by atoms with E-state index in [4.69, 9.17) is 0 Å². The Morgan fingerprint density at radius 1 is 1.19 bits per heavy atom. The monoisotopic (exact) mass is 352 g/mol. The van der Waals surface area contributed by atoms with Gasteiger partial charge in [-0.2, -0.15) is 0 Å². The van der Waals surface area contributed by atoms with Gasteiger partial charge < -0.3 is 15.2 Å². The maximum Gasteiger partial charge on any atom is 0.224 e. The summed E-state index contributed by atoms with van der Waals surface area (Å²) in [6, 6.07) is 14.5. The molecule has 1 amide bonds. The van der Waals surface area contributed by atoms with Crippen LogP contribution in [-0.2, 0) is 17.8 Å². The van der Waals surface area contributed by atoms with Crippen LogP contribution in [0.4, 0.5) is 4.39 Å². The number of fused-ring (bicyclic) bond motifs is 1. The van der Waals surface area contributed by atoms with Crippen LogP contribution in [0.1, 0.15) is 17.8 Å². The lowest BCUT2D eigenvalue weighted by atomic mass is 10.1. The Hall–Kier alpha value is -2.73. The summed E-state index contributed by atoms with van der Waals surface area (Å²) in [6.45, 7) is 1.96. The second-order valence-corrected chi connectivity index (χ2v) is 6.70. The number of benzene rings is 2. The lowest BCUT2D eigenvalue weighted by molar-refractivity contribution is -0.127. The molecule has 0 aliphatic carbocycles. The van der Waals surface area contributed by atoms with E-state index in [1.54, 1.807) is 12.1 Å². The first-order chi connectivity index (χ1) is 12.7. The van der Waals surface area contributed by atoms with E-state index in [-0.39, 0.29) is 17.8 Å². The van der Waals surface area contributed by atoms with Crippen LogP contribution in [0.5, 0.6) is 0 Å². The van der Waals surface area contributed by atoms with E-state index in [9.17, 15) is 9.18 Å². The summed E-state index contributed by atoms with van der Waals surface area (Å²) in [4.78, 5) is 21.9. The molecule has 0 spiro atoms. The number of carbonyl (C=O) groups is 1. The normalized spacial score (nSPS) is 17.3. The number of imidazole rings is 1. The standard InChI is InChI=1S/C20H21FN4O/c21-15-7-5-14(6-8-15)9-10-25-13-16(11-20(25)26)22-12-19-23-17-3-1-2-4-18(17)24-19/h1-8,16,22H,9-13H2,(H,23,24). The summed E-state index contributed by atoms with van der Waals surface area (Å²) < 4.78 is 13.0. The maximum atomic E-state index is 13.0. The summed E-state index contributed by atoms with van der Waals surface area (Å²) in [5, 5.41) is 3.42. The zero-order valence-corrected chi connectivity index (χ0v) is 14.4. The highest BCUT2D eigenvalue weighted by Crippen LogP contribution is 2.14. The van der Waals surface area contributed by atoms with Gasteiger partial charge in [-0.15, -0.1) is 0 Å². The number of likely N-dealkylation sites (tertiary alicyclic amines) is 1. The number of hydrogen-bond acceptors (Lipinski definition) is 3. The van der Waals surface area contributed by atoms with Gasteiger partial charge in [0.15, 0.2) is 0 Å². The van der Waals surface area contributed by atoms with Crippen LogP contribution >= 0.6 is 0 Å². The lowest BCUT2D eigenvalue weighted by Crippen LogP contribution is -2.33. The molecule has 6 heteroatoms. The molecule has 5 nitrogen and oxygen atoms in total. The van der Waals surface area contributed by atoms with Gasteiger partial charge in [0, 0.05) is 25.6 Å². The van der Waals surface area contributed by atoms with Gasteiger partial charge in [-0.25, -0.2) is 9.37 Å². The zero-order valence-electron chi connectivity index (χ0n) is 14.4. The molecule has 0 saturated carbocycles. The van der Waals surface area contributed by atoms with E-state index in [1.807, 2.05) is 29.2 Å². The number of para-hydroxylation sites is 2. The zero-order chi connectivity index (χ0) is 17.9. The number of aromatic amines is 1. The Balaban J connectivity index is 1.29. The Bertz CT molecular complexity index is 873. The molecule has 134 valence electrons. The molecule has 2 heterocycles. The highest BCUT2D eigenvalue weighted by atomic mass is 19.1. The Morgan fingerprint density at radius 2 is 2.00 bits per heavy atom. The van der Waals surface area contributed by atoms with E-state index in [2.05, 4.69) is 15.3 Å². The van der Waals surface area contributed by atoms with Gasteiger partial charge >= 0.3 is 0 Å². The Kier molecular flexibility index (Phi) is 4.67. The number of halogens is 1. The second kappa shape index (κ2) is 7.25. The predicted molar refractivity (Wildman–Crippen MR) is 98.0 cm³/mol. The van der Waals surface area contributed by atoms with E-state index in [0.717, 1.165) is 28.8 Å². The lowest BCUT2D eigenvalue weighted by Gasteiger charge is -2.17. The molecule has 1 aliphatic heterocycles. The second-order valence-electron chi connectivity index (χ2n) is 6.70. The van der Waals surface area contributed by atoms with Crippen LogP contribution in [0.2, 0.25) is 0 Å². The Labute approximate surface area is 151 Å². The van der Waals surface area contributed by atoms with Gasteiger partial charge in [0.05, 0.1) is 17.6 Å². The molecule has 2 aromatic carbocycles. The number of amides is 1. The minimum Gasteiger partial charge on any atom is -0.341 e. The first kappa shape index (κ1) is 16.7. The number of rotatable bonds is 6. The number of carbonyl (C=O) groups excluding carboxylic acids is 1. The molecule has 0 bridgehead atoms. The van der Waals surface area contributed by atoms with Crippen LogP contribution in [0.3, 0.4) is 0 Å². The van der Waals surface area contributed by atoms with E-state index in [0.29, 0.717) is 26.1 Å². The van der Waals surface area contributed by atoms with Crippen molar-refractivity contribution in [3.05, 3.63) is 65.7 Å². The molecule has 1 fully saturated rings. The maximum absolute atomic E-state index is 13.0. The molecule has 1 atom stereocenters. The summed E-state index contributed by atoms with van der Waals surface area (Å²) in [7, 11) is 0. The van der Waals surface area contributed by atoms with Gasteiger partial charge in [0.25, 0.3) is 0 Å². The van der Waals surface area contributed by atoms with Crippen molar-refractivity contribution in [3.63, 3.8) is 0 Å². The molecule has 0 radical (unpaired) electrons. The summed E-state index contributed by atoms with van der Waals surface area (Å²) >= 11 is 0. The van der Waals surface area contributed by atoms with E-state index >= 15 is 0 Å². The van der Waals surface area contributed by atoms with Crippen molar-refractivity contribution in [2.45, 2.75) is 25.4 Å². The van der Waals surface area contributed by atoms with Crippen molar-refractivity contribution in [1.29, 1.82) is 0 Å². The third-order valence-electron chi connectivity index (χ3n) is 4.79. The number of aromatic nitrogens is 2. The minimum atomic E-state index is -0.235. The molecular weight excluding hydrogens is 331 g/mol. The average Bonchev–Trinajstić information content (AvgIpc) is 3.22. The number of nitrogens with one attached hydrogen (secondary N) is 2.